The molecule has 3 rings (SSSR count). The number of rotatable bonds is 2. The van der Waals surface area contributed by atoms with Gasteiger partial charge in [-0.2, -0.15) is 0 Å². The van der Waals surface area contributed by atoms with Crippen LogP contribution < -0.4 is 5.32 Å². The first-order chi connectivity index (χ1) is 9.97. The van der Waals surface area contributed by atoms with Crippen LogP contribution in [-0.2, 0) is 4.79 Å². The molecule has 2 amide bonds. The number of amides is 2. The third kappa shape index (κ3) is 2.62. The summed E-state index contributed by atoms with van der Waals surface area (Å²) < 4.78 is 0. The van der Waals surface area contributed by atoms with Crippen molar-refractivity contribution < 1.29 is 14.7 Å². The minimum Gasteiger partial charge on any atom is -0.481 e. The van der Waals surface area contributed by atoms with E-state index in [0.29, 0.717) is 12.3 Å². The molecule has 1 saturated carbocycles. The van der Waals surface area contributed by atoms with Gasteiger partial charge in [0.05, 0.1) is 5.92 Å². The first-order valence-corrected chi connectivity index (χ1v) is 8.29. The van der Waals surface area contributed by atoms with Gasteiger partial charge in [0.2, 0.25) is 0 Å². The number of aliphatic carboxylic acids is 1. The normalized spacial score (nSPS) is 42.1. The molecule has 3 aliphatic rings. The van der Waals surface area contributed by atoms with Crippen molar-refractivity contribution >= 4 is 12.0 Å². The highest BCUT2D eigenvalue weighted by molar-refractivity contribution is 5.79. The van der Waals surface area contributed by atoms with Crippen molar-refractivity contribution in [3.8, 4) is 0 Å². The molecule has 3 fully saturated rings. The fraction of sp³-hybridized carbons (Fsp3) is 0.875. The van der Waals surface area contributed by atoms with Crippen molar-refractivity contribution in [2.24, 2.45) is 17.8 Å². The number of hydrogen-bond acceptors (Lipinski definition) is 2. The molecule has 2 heterocycles. The van der Waals surface area contributed by atoms with E-state index in [9.17, 15) is 14.7 Å². The lowest BCUT2D eigenvalue weighted by Gasteiger charge is -2.34. The van der Waals surface area contributed by atoms with Crippen LogP contribution in [-0.4, -0.2) is 40.1 Å². The fourth-order valence-electron chi connectivity index (χ4n) is 4.50. The Morgan fingerprint density at radius 1 is 1.05 bits per heavy atom. The smallest absolute Gasteiger partial charge is 0.318 e. The lowest BCUT2D eigenvalue weighted by molar-refractivity contribution is -0.142. The molecule has 6 atom stereocenters. The fourth-order valence-corrected chi connectivity index (χ4v) is 4.50. The second-order valence-corrected chi connectivity index (χ2v) is 7.30. The van der Waals surface area contributed by atoms with Gasteiger partial charge in [0.1, 0.15) is 0 Å². The predicted molar refractivity (Wildman–Crippen MR) is 78.9 cm³/mol. The number of hydrogen-bond donors (Lipinski definition) is 2. The number of urea groups is 1. The van der Waals surface area contributed by atoms with Gasteiger partial charge in [0.25, 0.3) is 0 Å². The minimum absolute atomic E-state index is 0.0296. The van der Waals surface area contributed by atoms with Crippen LogP contribution in [0.15, 0.2) is 0 Å². The summed E-state index contributed by atoms with van der Waals surface area (Å²) in [7, 11) is 0. The molecule has 1 aliphatic carbocycles. The summed E-state index contributed by atoms with van der Waals surface area (Å²) in [6.45, 7) is 4.53. The Labute approximate surface area is 126 Å². The molecule has 118 valence electrons. The Bertz CT molecular complexity index is 439. The molecule has 2 aliphatic heterocycles. The van der Waals surface area contributed by atoms with E-state index in [1.807, 2.05) is 4.90 Å². The van der Waals surface area contributed by atoms with Crippen molar-refractivity contribution in [2.45, 2.75) is 70.5 Å². The molecule has 0 radical (unpaired) electrons. The number of carbonyl (C=O) groups excluding carboxylic acids is 1. The highest BCUT2D eigenvalue weighted by atomic mass is 16.4. The Hall–Kier alpha value is -1.26. The Morgan fingerprint density at radius 3 is 2.43 bits per heavy atom. The van der Waals surface area contributed by atoms with Crippen LogP contribution in [0, 0.1) is 17.8 Å². The van der Waals surface area contributed by atoms with E-state index < -0.39 is 5.97 Å². The van der Waals surface area contributed by atoms with Gasteiger partial charge in [-0.1, -0.05) is 13.8 Å². The molecule has 2 bridgehead atoms. The summed E-state index contributed by atoms with van der Waals surface area (Å²) in [6, 6.07) is 0.272. The summed E-state index contributed by atoms with van der Waals surface area (Å²) in [5.74, 6) is 0.267. The average Bonchev–Trinajstić information content (AvgIpc) is 3.00. The molecule has 0 aromatic heterocycles. The van der Waals surface area contributed by atoms with E-state index in [0.717, 1.165) is 38.0 Å². The van der Waals surface area contributed by atoms with E-state index in [2.05, 4.69) is 19.2 Å². The van der Waals surface area contributed by atoms with E-state index in [4.69, 9.17) is 0 Å². The first kappa shape index (κ1) is 14.7. The quantitative estimate of drug-likeness (QED) is 0.822. The number of fused-ring (bicyclic) bond motifs is 2. The maximum Gasteiger partial charge on any atom is 0.318 e. The van der Waals surface area contributed by atoms with E-state index in [1.54, 1.807) is 0 Å². The van der Waals surface area contributed by atoms with Crippen molar-refractivity contribution in [2.75, 3.05) is 0 Å². The van der Waals surface area contributed by atoms with Gasteiger partial charge in [-0.25, -0.2) is 4.79 Å². The number of nitrogens with one attached hydrogen (secondary N) is 1. The molecule has 0 aromatic rings. The zero-order valence-corrected chi connectivity index (χ0v) is 12.9. The highest BCUT2D eigenvalue weighted by Crippen LogP contribution is 2.42. The molecule has 6 unspecified atom stereocenters. The predicted octanol–water partition coefficient (Wildman–Crippen LogP) is 2.46. The summed E-state index contributed by atoms with van der Waals surface area (Å²) in [6.07, 6.45) is 5.68. The van der Waals surface area contributed by atoms with Crippen LogP contribution in [0.5, 0.6) is 0 Å². The largest absolute Gasteiger partial charge is 0.481 e. The van der Waals surface area contributed by atoms with Crippen LogP contribution in [0.3, 0.4) is 0 Å². The summed E-state index contributed by atoms with van der Waals surface area (Å²) >= 11 is 0. The number of carbonyl (C=O) groups is 2. The Balaban J connectivity index is 1.60. The van der Waals surface area contributed by atoms with E-state index in [1.165, 1.54) is 0 Å². The van der Waals surface area contributed by atoms with Crippen LogP contribution >= 0.6 is 0 Å². The Morgan fingerprint density at radius 2 is 1.81 bits per heavy atom. The van der Waals surface area contributed by atoms with Gasteiger partial charge in [0.15, 0.2) is 0 Å². The van der Waals surface area contributed by atoms with Gasteiger partial charge >= 0.3 is 12.0 Å². The zero-order valence-electron chi connectivity index (χ0n) is 12.9. The number of nitrogens with zero attached hydrogens (tertiary/aromatic N) is 1. The van der Waals surface area contributed by atoms with Crippen LogP contribution in [0.2, 0.25) is 0 Å². The highest BCUT2D eigenvalue weighted by Gasteiger charge is 2.51. The third-order valence-corrected chi connectivity index (χ3v) is 6.01. The SMILES string of the molecule is CC1CCC(NC(=O)N2C3CCC2C(C(=O)O)C3)CC1C. The zero-order chi connectivity index (χ0) is 15.1. The lowest BCUT2D eigenvalue weighted by atomic mass is 9.79. The molecule has 0 aromatic carbocycles. The van der Waals surface area contributed by atoms with E-state index >= 15 is 0 Å². The van der Waals surface area contributed by atoms with Gasteiger partial charge in [-0.15, -0.1) is 0 Å². The van der Waals surface area contributed by atoms with Crippen molar-refractivity contribution in [1.82, 2.24) is 10.2 Å². The molecule has 2 saturated heterocycles. The maximum absolute atomic E-state index is 12.6. The second kappa shape index (κ2) is 5.50. The lowest BCUT2D eigenvalue weighted by Crippen LogP contribution is -2.49. The third-order valence-electron chi connectivity index (χ3n) is 6.01. The monoisotopic (exact) mass is 294 g/mol. The van der Waals surface area contributed by atoms with E-state index in [-0.39, 0.29) is 30.1 Å². The summed E-state index contributed by atoms with van der Waals surface area (Å²) in [4.78, 5) is 25.7. The maximum atomic E-state index is 12.6. The number of carboxylic acids is 1. The average molecular weight is 294 g/mol. The molecule has 0 spiro atoms. The first-order valence-electron chi connectivity index (χ1n) is 8.29. The van der Waals surface area contributed by atoms with Gasteiger partial charge in [-0.05, 0) is 50.4 Å². The van der Waals surface area contributed by atoms with Gasteiger partial charge < -0.3 is 15.3 Å². The van der Waals surface area contributed by atoms with Crippen LogP contribution in [0.25, 0.3) is 0 Å². The topological polar surface area (TPSA) is 69.6 Å². The second-order valence-electron chi connectivity index (χ2n) is 7.30. The summed E-state index contributed by atoms with van der Waals surface area (Å²) in [5, 5.41) is 12.4. The van der Waals surface area contributed by atoms with Crippen molar-refractivity contribution in [3.63, 3.8) is 0 Å². The molecule has 5 nitrogen and oxygen atoms in total. The molecule has 5 heteroatoms. The number of carboxylic acid groups (broad SMARTS) is 1. The Kier molecular flexibility index (Phi) is 3.84. The minimum atomic E-state index is -0.750. The van der Waals surface area contributed by atoms with Crippen molar-refractivity contribution in [1.29, 1.82) is 0 Å². The standard InChI is InChI=1S/C16H26N2O3/c1-9-3-4-11(7-10(9)2)17-16(21)18-12-5-6-14(18)13(8-12)15(19)20/h9-14H,3-8H2,1-2H3,(H,17,21)(H,19,20). The molecular weight excluding hydrogens is 268 g/mol. The van der Waals surface area contributed by atoms with Gasteiger partial charge in [0, 0.05) is 18.1 Å². The van der Waals surface area contributed by atoms with Gasteiger partial charge in [-0.3, -0.25) is 4.79 Å². The molecule has 21 heavy (non-hydrogen) atoms. The van der Waals surface area contributed by atoms with Crippen LogP contribution in [0.4, 0.5) is 4.79 Å². The molecular formula is C16H26N2O3. The van der Waals surface area contributed by atoms with Crippen molar-refractivity contribution in [3.05, 3.63) is 0 Å². The summed E-state index contributed by atoms with van der Waals surface area (Å²) in [5.41, 5.74) is 0. The van der Waals surface area contributed by atoms with Crippen LogP contribution in [0.1, 0.15) is 52.4 Å². The molecule has 2 N–H and O–H groups in total.